The van der Waals surface area contributed by atoms with Crippen LogP contribution in [0.5, 0.6) is 0 Å². The van der Waals surface area contributed by atoms with Crippen molar-refractivity contribution in [3.05, 3.63) is 0 Å². The summed E-state index contributed by atoms with van der Waals surface area (Å²) in [6, 6.07) is 0. The largest absolute Gasteiger partial charge is 0.466 e. The van der Waals surface area contributed by atoms with E-state index >= 15 is 0 Å². The van der Waals surface area contributed by atoms with Gasteiger partial charge >= 0.3 is 5.97 Å². The highest BCUT2D eigenvalue weighted by Crippen LogP contribution is 2.29. The second kappa shape index (κ2) is 5.22. The van der Waals surface area contributed by atoms with Crippen molar-refractivity contribution in [1.29, 1.82) is 0 Å². The highest BCUT2D eigenvalue weighted by atomic mass is 16.5. The van der Waals surface area contributed by atoms with Crippen molar-refractivity contribution < 1.29 is 9.53 Å². The predicted molar refractivity (Wildman–Crippen MR) is 53.2 cm³/mol. The summed E-state index contributed by atoms with van der Waals surface area (Å²) in [5.41, 5.74) is 5.09. The molecular formula is C10H21NO2. The molecule has 0 aliphatic heterocycles. The van der Waals surface area contributed by atoms with Crippen molar-refractivity contribution in [3.8, 4) is 0 Å². The lowest BCUT2D eigenvalue weighted by Crippen LogP contribution is -2.42. The van der Waals surface area contributed by atoms with Gasteiger partial charge in [0.05, 0.1) is 12.0 Å². The fraction of sp³-hybridized carbons (Fsp3) is 0.900. The Balaban J connectivity index is 4.51. The van der Waals surface area contributed by atoms with Crippen LogP contribution in [0.4, 0.5) is 0 Å². The summed E-state index contributed by atoms with van der Waals surface area (Å²) in [6.45, 7) is 8.54. The molecule has 0 amide bonds. The molecule has 0 saturated carbocycles. The molecular weight excluding hydrogens is 166 g/mol. The third-order valence-electron chi connectivity index (χ3n) is 2.87. The topological polar surface area (TPSA) is 52.3 Å². The molecule has 2 atom stereocenters. The number of carbonyl (C=O) groups excluding carboxylic acids is 1. The first-order valence-electron chi connectivity index (χ1n) is 4.90. The molecule has 0 fully saturated rings. The molecule has 78 valence electrons. The van der Waals surface area contributed by atoms with E-state index < -0.39 is 5.41 Å². The lowest BCUT2D eigenvalue weighted by Gasteiger charge is -2.31. The minimum atomic E-state index is -0.523. The van der Waals surface area contributed by atoms with E-state index in [0.29, 0.717) is 13.2 Å². The Morgan fingerprint density at radius 1 is 1.54 bits per heavy atom. The summed E-state index contributed by atoms with van der Waals surface area (Å²) < 4.78 is 5.00. The molecule has 0 bridgehead atoms. The van der Waals surface area contributed by atoms with E-state index in [1.807, 2.05) is 20.8 Å². The number of hydrogen-bond donors (Lipinski definition) is 1. The number of carbonyl (C=O) groups is 1. The van der Waals surface area contributed by atoms with Crippen LogP contribution in [0.15, 0.2) is 0 Å². The highest BCUT2D eigenvalue weighted by Gasteiger charge is 2.37. The molecule has 0 aromatic heterocycles. The Morgan fingerprint density at radius 3 is 2.38 bits per heavy atom. The Bertz CT molecular complexity index is 170. The van der Waals surface area contributed by atoms with Crippen LogP contribution in [-0.4, -0.2) is 19.1 Å². The van der Waals surface area contributed by atoms with Crippen LogP contribution in [0.1, 0.15) is 34.1 Å². The van der Waals surface area contributed by atoms with Gasteiger partial charge in [-0.25, -0.2) is 0 Å². The zero-order chi connectivity index (χ0) is 10.5. The smallest absolute Gasteiger partial charge is 0.313 e. The summed E-state index contributed by atoms with van der Waals surface area (Å²) >= 11 is 0. The molecule has 2 unspecified atom stereocenters. The number of ether oxygens (including phenoxy) is 1. The first kappa shape index (κ1) is 12.4. The van der Waals surface area contributed by atoms with E-state index in [0.717, 1.165) is 6.42 Å². The van der Waals surface area contributed by atoms with Crippen molar-refractivity contribution in [2.45, 2.75) is 34.1 Å². The van der Waals surface area contributed by atoms with E-state index in [9.17, 15) is 4.79 Å². The summed E-state index contributed by atoms with van der Waals surface area (Å²) in [5.74, 6) is 0.0865. The van der Waals surface area contributed by atoms with Gasteiger partial charge < -0.3 is 10.5 Å². The van der Waals surface area contributed by atoms with Crippen LogP contribution >= 0.6 is 0 Å². The van der Waals surface area contributed by atoms with Gasteiger partial charge in [0.1, 0.15) is 0 Å². The number of rotatable bonds is 5. The van der Waals surface area contributed by atoms with Gasteiger partial charge in [-0.1, -0.05) is 20.3 Å². The van der Waals surface area contributed by atoms with Crippen LogP contribution in [0.3, 0.4) is 0 Å². The van der Waals surface area contributed by atoms with Crippen LogP contribution < -0.4 is 5.73 Å². The van der Waals surface area contributed by atoms with E-state index in [4.69, 9.17) is 10.5 Å². The fourth-order valence-electron chi connectivity index (χ4n) is 1.23. The van der Waals surface area contributed by atoms with Crippen molar-refractivity contribution in [2.24, 2.45) is 17.1 Å². The van der Waals surface area contributed by atoms with Crippen molar-refractivity contribution in [2.75, 3.05) is 13.2 Å². The van der Waals surface area contributed by atoms with E-state index in [2.05, 4.69) is 6.92 Å². The Morgan fingerprint density at radius 2 is 2.08 bits per heavy atom. The summed E-state index contributed by atoms with van der Waals surface area (Å²) in [6.07, 6.45) is 0.937. The van der Waals surface area contributed by atoms with Gasteiger partial charge in [-0.05, 0) is 19.8 Å². The molecule has 0 aliphatic carbocycles. The van der Waals surface area contributed by atoms with Gasteiger partial charge in [0.2, 0.25) is 0 Å². The van der Waals surface area contributed by atoms with E-state index in [1.165, 1.54) is 0 Å². The first-order valence-corrected chi connectivity index (χ1v) is 4.90. The molecule has 2 N–H and O–H groups in total. The van der Waals surface area contributed by atoms with E-state index in [1.54, 1.807) is 0 Å². The van der Waals surface area contributed by atoms with Crippen molar-refractivity contribution >= 4 is 5.97 Å². The van der Waals surface area contributed by atoms with Crippen LogP contribution in [-0.2, 0) is 9.53 Å². The maximum absolute atomic E-state index is 11.6. The molecule has 0 radical (unpaired) electrons. The van der Waals surface area contributed by atoms with Gasteiger partial charge in [-0.3, -0.25) is 4.79 Å². The molecule has 13 heavy (non-hydrogen) atoms. The molecule has 0 aromatic carbocycles. The molecule has 0 aliphatic rings. The van der Waals surface area contributed by atoms with Gasteiger partial charge in [0.25, 0.3) is 0 Å². The lowest BCUT2D eigenvalue weighted by atomic mass is 9.77. The minimum absolute atomic E-state index is 0.174. The molecule has 0 heterocycles. The maximum Gasteiger partial charge on any atom is 0.313 e. The Kier molecular flexibility index (Phi) is 4.99. The zero-order valence-electron chi connectivity index (χ0n) is 9.09. The molecule has 3 heteroatoms. The number of nitrogens with two attached hydrogens (primary N) is 1. The number of hydrogen-bond acceptors (Lipinski definition) is 3. The highest BCUT2D eigenvalue weighted by molar-refractivity contribution is 5.77. The second-order valence-electron chi connectivity index (χ2n) is 3.65. The molecule has 0 spiro atoms. The Hall–Kier alpha value is -0.570. The van der Waals surface area contributed by atoms with Crippen LogP contribution in [0.2, 0.25) is 0 Å². The SMILES string of the molecule is CCOC(=O)C(C)(CN)C(C)CC. The number of esters is 1. The standard InChI is InChI=1S/C10H21NO2/c1-5-8(3)10(4,7-11)9(12)13-6-2/h8H,5-7,11H2,1-4H3. The monoisotopic (exact) mass is 187 g/mol. The molecule has 0 aromatic rings. The van der Waals surface area contributed by atoms with Crippen LogP contribution in [0.25, 0.3) is 0 Å². The fourth-order valence-corrected chi connectivity index (χ4v) is 1.23. The van der Waals surface area contributed by atoms with Gasteiger partial charge in [-0.2, -0.15) is 0 Å². The quantitative estimate of drug-likeness (QED) is 0.664. The zero-order valence-corrected chi connectivity index (χ0v) is 9.09. The average molecular weight is 187 g/mol. The first-order chi connectivity index (χ1) is 6.02. The van der Waals surface area contributed by atoms with Gasteiger partial charge in [-0.15, -0.1) is 0 Å². The molecule has 3 nitrogen and oxygen atoms in total. The van der Waals surface area contributed by atoms with Crippen molar-refractivity contribution in [3.63, 3.8) is 0 Å². The molecule has 0 saturated heterocycles. The summed E-state index contributed by atoms with van der Waals surface area (Å²) in [5, 5.41) is 0. The minimum Gasteiger partial charge on any atom is -0.466 e. The average Bonchev–Trinajstić information content (AvgIpc) is 2.15. The summed E-state index contributed by atoms with van der Waals surface area (Å²) in [4.78, 5) is 11.6. The molecule has 0 rings (SSSR count). The van der Waals surface area contributed by atoms with E-state index in [-0.39, 0.29) is 11.9 Å². The normalized spacial score (nSPS) is 17.6. The van der Waals surface area contributed by atoms with Crippen LogP contribution in [0, 0.1) is 11.3 Å². The van der Waals surface area contributed by atoms with Crippen molar-refractivity contribution in [1.82, 2.24) is 0 Å². The third kappa shape index (κ3) is 2.69. The summed E-state index contributed by atoms with van der Waals surface area (Å²) in [7, 11) is 0. The lowest BCUT2D eigenvalue weighted by molar-refractivity contribution is -0.156. The second-order valence-corrected chi connectivity index (χ2v) is 3.65. The van der Waals surface area contributed by atoms with Gasteiger partial charge in [0.15, 0.2) is 0 Å². The third-order valence-corrected chi connectivity index (χ3v) is 2.87. The maximum atomic E-state index is 11.6. The van der Waals surface area contributed by atoms with Gasteiger partial charge in [0, 0.05) is 6.54 Å². The Labute approximate surface area is 80.6 Å². The predicted octanol–water partition coefficient (Wildman–Crippen LogP) is 1.56.